The van der Waals surface area contributed by atoms with Gasteiger partial charge < -0.3 is 0 Å². The maximum Gasteiger partial charge on any atom is 0.241 e. The number of hydrogen-bond acceptors (Lipinski definition) is 6. The second-order valence-corrected chi connectivity index (χ2v) is 8.16. The van der Waals surface area contributed by atoms with Crippen LogP contribution < -0.4 is 4.72 Å². The molecule has 7 nitrogen and oxygen atoms in total. The molecule has 114 valence electrons. The molecule has 1 fully saturated rings. The van der Waals surface area contributed by atoms with E-state index in [4.69, 9.17) is 0 Å². The summed E-state index contributed by atoms with van der Waals surface area (Å²) in [6, 6.07) is 4.98. The van der Waals surface area contributed by atoms with E-state index in [1.54, 1.807) is 34.6 Å². The Morgan fingerprint density at radius 2 is 2.18 bits per heavy atom. The van der Waals surface area contributed by atoms with Gasteiger partial charge in [0.2, 0.25) is 15.2 Å². The number of nitrogens with one attached hydrogen (secondary N) is 1. The van der Waals surface area contributed by atoms with E-state index in [1.807, 2.05) is 6.92 Å². The van der Waals surface area contributed by atoms with Crippen molar-refractivity contribution in [3.8, 4) is 5.13 Å². The SMILES string of the molecule is CC1(NS(=O)(=O)c2ccc3cnn(-c4nncs4)c3c2)CC1. The molecule has 1 aliphatic rings. The zero-order chi connectivity index (χ0) is 15.4. The van der Waals surface area contributed by atoms with E-state index in [0.29, 0.717) is 10.6 Å². The number of rotatable bonds is 4. The summed E-state index contributed by atoms with van der Waals surface area (Å²) in [5.74, 6) is 0. The monoisotopic (exact) mass is 335 g/mol. The molecular weight excluding hydrogens is 322 g/mol. The molecule has 1 N–H and O–H groups in total. The number of benzene rings is 1. The van der Waals surface area contributed by atoms with E-state index >= 15 is 0 Å². The highest BCUT2D eigenvalue weighted by atomic mass is 32.2. The molecule has 1 aromatic carbocycles. The summed E-state index contributed by atoms with van der Waals surface area (Å²) in [5, 5.41) is 13.5. The average molecular weight is 335 g/mol. The van der Waals surface area contributed by atoms with Crippen molar-refractivity contribution in [1.82, 2.24) is 24.7 Å². The molecule has 0 atom stereocenters. The van der Waals surface area contributed by atoms with Crippen molar-refractivity contribution in [2.24, 2.45) is 0 Å². The maximum absolute atomic E-state index is 12.5. The Morgan fingerprint density at radius 3 is 2.86 bits per heavy atom. The molecule has 22 heavy (non-hydrogen) atoms. The number of nitrogens with zero attached hydrogens (tertiary/aromatic N) is 4. The standard InChI is InChI=1S/C13H13N5O2S2/c1-13(4-5-13)17-22(19,20)10-3-2-9-7-15-18(11(9)6-10)12-16-14-8-21-12/h2-3,6-8,17H,4-5H2,1H3. The van der Waals surface area contributed by atoms with Gasteiger partial charge in [-0.25, -0.2) is 17.8 Å². The van der Waals surface area contributed by atoms with Crippen LogP contribution in [-0.2, 0) is 10.0 Å². The molecule has 1 aliphatic carbocycles. The predicted octanol–water partition coefficient (Wildman–Crippen LogP) is 1.71. The van der Waals surface area contributed by atoms with E-state index in [1.165, 1.54) is 11.3 Å². The van der Waals surface area contributed by atoms with Crippen LogP contribution in [0.1, 0.15) is 19.8 Å². The van der Waals surface area contributed by atoms with Crippen LogP contribution in [0.2, 0.25) is 0 Å². The summed E-state index contributed by atoms with van der Waals surface area (Å²) < 4.78 is 29.3. The molecule has 0 radical (unpaired) electrons. The third kappa shape index (κ3) is 2.31. The van der Waals surface area contributed by atoms with Gasteiger partial charge >= 0.3 is 0 Å². The van der Waals surface area contributed by atoms with Gasteiger partial charge in [-0.05, 0) is 38.0 Å². The molecule has 9 heteroatoms. The van der Waals surface area contributed by atoms with Crippen molar-refractivity contribution >= 4 is 32.3 Å². The number of hydrogen-bond donors (Lipinski definition) is 1. The smallest absolute Gasteiger partial charge is 0.207 e. The Morgan fingerprint density at radius 1 is 1.36 bits per heavy atom. The van der Waals surface area contributed by atoms with Gasteiger partial charge in [-0.3, -0.25) is 0 Å². The van der Waals surface area contributed by atoms with Gasteiger partial charge in [-0.2, -0.15) is 5.10 Å². The van der Waals surface area contributed by atoms with Gasteiger partial charge in [-0.1, -0.05) is 11.3 Å². The normalized spacial score (nSPS) is 17.0. The molecule has 2 aromatic heterocycles. The molecule has 0 spiro atoms. The molecule has 3 aromatic rings. The minimum absolute atomic E-state index is 0.236. The Bertz CT molecular complexity index is 942. The highest BCUT2D eigenvalue weighted by molar-refractivity contribution is 7.89. The molecule has 4 rings (SSSR count). The summed E-state index contributed by atoms with van der Waals surface area (Å²) in [6.07, 6.45) is 3.43. The summed E-state index contributed by atoms with van der Waals surface area (Å²) in [7, 11) is -3.53. The van der Waals surface area contributed by atoms with Crippen molar-refractivity contribution < 1.29 is 8.42 Å². The molecule has 2 heterocycles. The van der Waals surface area contributed by atoms with E-state index in [2.05, 4.69) is 20.0 Å². The fraction of sp³-hybridized carbons (Fsp3) is 0.308. The zero-order valence-corrected chi connectivity index (χ0v) is 13.4. The molecule has 0 saturated heterocycles. The van der Waals surface area contributed by atoms with E-state index in [9.17, 15) is 8.42 Å². The Hall–Kier alpha value is -1.84. The van der Waals surface area contributed by atoms with Crippen LogP contribution in [0.4, 0.5) is 0 Å². The Kier molecular flexibility index (Phi) is 2.87. The lowest BCUT2D eigenvalue weighted by atomic mass is 10.2. The molecule has 0 unspecified atom stereocenters. The third-order valence-corrected chi connectivity index (χ3v) is 6.06. The van der Waals surface area contributed by atoms with E-state index in [-0.39, 0.29) is 10.4 Å². The van der Waals surface area contributed by atoms with Crippen LogP contribution in [0.3, 0.4) is 0 Å². The maximum atomic E-state index is 12.5. The highest BCUT2D eigenvalue weighted by Gasteiger charge is 2.41. The van der Waals surface area contributed by atoms with Crippen LogP contribution in [-0.4, -0.2) is 33.9 Å². The van der Waals surface area contributed by atoms with Gasteiger partial charge in [-0.15, -0.1) is 10.2 Å². The lowest BCUT2D eigenvalue weighted by molar-refractivity contribution is 0.558. The fourth-order valence-electron chi connectivity index (χ4n) is 2.25. The quantitative estimate of drug-likeness (QED) is 0.784. The number of sulfonamides is 1. The molecule has 0 aliphatic heterocycles. The van der Waals surface area contributed by atoms with Crippen LogP contribution in [0, 0.1) is 0 Å². The van der Waals surface area contributed by atoms with Gasteiger partial charge in [0.05, 0.1) is 16.6 Å². The van der Waals surface area contributed by atoms with Gasteiger partial charge in [0.1, 0.15) is 5.51 Å². The summed E-state index contributed by atoms with van der Waals surface area (Å²) >= 11 is 1.34. The highest BCUT2D eigenvalue weighted by Crippen LogP contribution is 2.36. The average Bonchev–Trinajstić information content (AvgIpc) is 2.94. The Labute approximate surface area is 131 Å². The van der Waals surface area contributed by atoms with E-state index < -0.39 is 10.0 Å². The van der Waals surface area contributed by atoms with Gasteiger partial charge in [0.15, 0.2) is 0 Å². The summed E-state index contributed by atoms with van der Waals surface area (Å²) in [4.78, 5) is 0.236. The van der Waals surface area contributed by atoms with Crippen molar-refractivity contribution in [1.29, 1.82) is 0 Å². The largest absolute Gasteiger partial charge is 0.241 e. The Balaban J connectivity index is 1.81. The molecule has 0 bridgehead atoms. The molecule has 0 amide bonds. The lowest BCUT2D eigenvalue weighted by Crippen LogP contribution is -2.34. The molecule has 1 saturated carbocycles. The van der Waals surface area contributed by atoms with Crippen molar-refractivity contribution in [2.45, 2.75) is 30.2 Å². The van der Waals surface area contributed by atoms with Gasteiger partial charge in [0, 0.05) is 10.9 Å². The van der Waals surface area contributed by atoms with Crippen molar-refractivity contribution in [2.75, 3.05) is 0 Å². The first-order chi connectivity index (χ1) is 10.5. The molecular formula is C13H13N5O2S2. The van der Waals surface area contributed by atoms with Crippen LogP contribution >= 0.6 is 11.3 Å². The summed E-state index contributed by atoms with van der Waals surface area (Å²) in [6.45, 7) is 1.91. The first-order valence-electron chi connectivity index (χ1n) is 6.75. The van der Waals surface area contributed by atoms with E-state index in [0.717, 1.165) is 18.2 Å². The minimum Gasteiger partial charge on any atom is -0.207 e. The lowest BCUT2D eigenvalue weighted by Gasteiger charge is -2.12. The van der Waals surface area contributed by atoms with Crippen LogP contribution in [0.15, 0.2) is 34.8 Å². The van der Waals surface area contributed by atoms with Crippen molar-refractivity contribution in [3.63, 3.8) is 0 Å². The second kappa shape index (κ2) is 4.58. The summed E-state index contributed by atoms with van der Waals surface area (Å²) in [5.41, 5.74) is 2.01. The van der Waals surface area contributed by atoms with Crippen molar-refractivity contribution in [3.05, 3.63) is 29.9 Å². The van der Waals surface area contributed by atoms with Gasteiger partial charge in [0.25, 0.3) is 0 Å². The zero-order valence-electron chi connectivity index (χ0n) is 11.7. The minimum atomic E-state index is -3.53. The fourth-order valence-corrected chi connectivity index (χ4v) is 4.26. The first kappa shape index (κ1) is 13.8. The number of aromatic nitrogens is 4. The first-order valence-corrected chi connectivity index (χ1v) is 9.12. The predicted molar refractivity (Wildman–Crippen MR) is 82.5 cm³/mol. The van der Waals surface area contributed by atoms with Crippen LogP contribution in [0.5, 0.6) is 0 Å². The second-order valence-electron chi connectivity index (χ2n) is 5.66. The number of fused-ring (bicyclic) bond motifs is 1. The topological polar surface area (TPSA) is 89.8 Å². The third-order valence-electron chi connectivity index (χ3n) is 3.76. The van der Waals surface area contributed by atoms with Crippen LogP contribution in [0.25, 0.3) is 16.0 Å².